The lowest BCUT2D eigenvalue weighted by atomic mass is 10.2. The highest BCUT2D eigenvalue weighted by Crippen LogP contribution is 2.28. The van der Waals surface area contributed by atoms with E-state index in [-0.39, 0.29) is 5.91 Å². The summed E-state index contributed by atoms with van der Waals surface area (Å²) in [6.45, 7) is 2.88. The average molecular weight is 427 g/mol. The summed E-state index contributed by atoms with van der Waals surface area (Å²) in [7, 11) is 1.67. The van der Waals surface area contributed by atoms with Crippen LogP contribution in [0.15, 0.2) is 53.1 Å². The minimum atomic E-state index is 0.0900. The van der Waals surface area contributed by atoms with Crippen LogP contribution >= 0.6 is 11.6 Å². The number of benzene rings is 2. The minimum Gasteiger partial charge on any atom is -0.495 e. The first kappa shape index (κ1) is 20.2. The van der Waals surface area contributed by atoms with Crippen LogP contribution in [-0.2, 0) is 11.2 Å². The Bertz CT molecular complexity index is 1010. The van der Waals surface area contributed by atoms with Gasteiger partial charge in [-0.05, 0) is 24.3 Å². The van der Waals surface area contributed by atoms with Crippen molar-refractivity contribution in [1.29, 1.82) is 0 Å². The lowest BCUT2D eigenvalue weighted by molar-refractivity contribution is -0.131. The maximum atomic E-state index is 12.6. The van der Waals surface area contributed by atoms with Gasteiger partial charge >= 0.3 is 0 Å². The monoisotopic (exact) mass is 426 g/mol. The molecule has 2 aromatic carbocycles. The van der Waals surface area contributed by atoms with Crippen LogP contribution in [0.3, 0.4) is 0 Å². The Morgan fingerprint density at radius 1 is 1.10 bits per heavy atom. The van der Waals surface area contributed by atoms with Crippen molar-refractivity contribution < 1.29 is 14.1 Å². The fourth-order valence-electron chi connectivity index (χ4n) is 3.57. The number of piperazine rings is 1. The van der Waals surface area contributed by atoms with Crippen molar-refractivity contribution in [3.05, 3.63) is 59.4 Å². The van der Waals surface area contributed by atoms with Gasteiger partial charge < -0.3 is 19.1 Å². The number of aryl methyl sites for hydroxylation is 1. The van der Waals surface area contributed by atoms with Crippen LogP contribution in [-0.4, -0.2) is 54.2 Å². The zero-order valence-electron chi connectivity index (χ0n) is 16.8. The molecule has 0 radical (unpaired) electrons. The van der Waals surface area contributed by atoms with E-state index < -0.39 is 0 Å². The van der Waals surface area contributed by atoms with E-state index in [2.05, 4.69) is 15.0 Å². The molecule has 1 aromatic heterocycles. The molecule has 30 heavy (non-hydrogen) atoms. The summed E-state index contributed by atoms with van der Waals surface area (Å²) in [6.07, 6.45) is 0.738. The largest absolute Gasteiger partial charge is 0.495 e. The number of methoxy groups -OCH3 is 1. The molecule has 8 heteroatoms. The van der Waals surface area contributed by atoms with Gasteiger partial charge in [-0.2, -0.15) is 4.98 Å². The van der Waals surface area contributed by atoms with Gasteiger partial charge in [0.1, 0.15) is 5.75 Å². The second-order valence-corrected chi connectivity index (χ2v) is 7.44. The summed E-state index contributed by atoms with van der Waals surface area (Å²) < 4.78 is 10.7. The van der Waals surface area contributed by atoms with Crippen molar-refractivity contribution in [3.8, 4) is 17.1 Å². The van der Waals surface area contributed by atoms with Crippen molar-refractivity contribution in [2.24, 2.45) is 0 Å². The van der Waals surface area contributed by atoms with Gasteiger partial charge in [-0.25, -0.2) is 0 Å². The molecule has 0 unspecified atom stereocenters. The Morgan fingerprint density at radius 3 is 2.60 bits per heavy atom. The Kier molecular flexibility index (Phi) is 6.18. The number of halogens is 1. The highest BCUT2D eigenvalue weighted by atomic mass is 35.5. The fraction of sp³-hybridized carbons (Fsp3) is 0.318. The smallest absolute Gasteiger partial charge is 0.227 e. The van der Waals surface area contributed by atoms with Gasteiger partial charge in [0, 0.05) is 44.6 Å². The SMILES string of the molecule is COc1ccccc1N1CCN(C(=O)CCc2nc(-c3ccccc3Cl)no2)CC1. The molecule has 1 saturated heterocycles. The Balaban J connectivity index is 1.30. The number of carbonyl (C=O) groups is 1. The van der Waals surface area contributed by atoms with Crippen LogP contribution in [0.25, 0.3) is 11.4 Å². The van der Waals surface area contributed by atoms with Crippen molar-refractivity contribution in [2.75, 3.05) is 38.2 Å². The molecule has 3 aromatic rings. The van der Waals surface area contributed by atoms with Gasteiger partial charge in [-0.15, -0.1) is 0 Å². The summed E-state index contributed by atoms with van der Waals surface area (Å²) in [5, 5.41) is 4.55. The van der Waals surface area contributed by atoms with E-state index >= 15 is 0 Å². The molecule has 0 bridgehead atoms. The molecule has 0 atom stereocenters. The molecule has 0 saturated carbocycles. The molecular weight excluding hydrogens is 404 g/mol. The first-order valence-corrected chi connectivity index (χ1v) is 10.3. The molecule has 0 N–H and O–H groups in total. The van der Waals surface area contributed by atoms with Crippen LogP contribution in [0.4, 0.5) is 5.69 Å². The number of hydrogen-bond acceptors (Lipinski definition) is 6. The van der Waals surface area contributed by atoms with E-state index in [1.807, 2.05) is 47.4 Å². The van der Waals surface area contributed by atoms with E-state index in [1.165, 1.54) is 0 Å². The Hall–Kier alpha value is -3.06. The summed E-state index contributed by atoms with van der Waals surface area (Å²) >= 11 is 6.18. The quantitative estimate of drug-likeness (QED) is 0.598. The Morgan fingerprint density at radius 2 is 1.83 bits per heavy atom. The molecular formula is C22H23ClN4O3. The zero-order chi connectivity index (χ0) is 20.9. The van der Waals surface area contributed by atoms with E-state index in [4.69, 9.17) is 20.9 Å². The van der Waals surface area contributed by atoms with Crippen LogP contribution < -0.4 is 9.64 Å². The van der Waals surface area contributed by atoms with Crippen molar-refractivity contribution >= 4 is 23.2 Å². The lowest BCUT2D eigenvalue weighted by Gasteiger charge is -2.36. The van der Waals surface area contributed by atoms with Gasteiger partial charge in [0.2, 0.25) is 17.6 Å². The number of carbonyl (C=O) groups excluding carboxylic acids is 1. The van der Waals surface area contributed by atoms with E-state index in [1.54, 1.807) is 13.2 Å². The minimum absolute atomic E-state index is 0.0900. The molecule has 0 spiro atoms. The van der Waals surface area contributed by atoms with Gasteiger partial charge in [0.25, 0.3) is 0 Å². The molecule has 1 aliphatic heterocycles. The van der Waals surface area contributed by atoms with Gasteiger partial charge in [-0.1, -0.05) is 41.0 Å². The van der Waals surface area contributed by atoms with Crippen LogP contribution in [0.2, 0.25) is 5.02 Å². The second-order valence-electron chi connectivity index (χ2n) is 7.03. The summed E-state index contributed by atoms with van der Waals surface area (Å²) in [5.41, 5.74) is 1.78. The highest BCUT2D eigenvalue weighted by Gasteiger charge is 2.23. The molecule has 2 heterocycles. The molecule has 7 nitrogen and oxygen atoms in total. The summed E-state index contributed by atoms with van der Waals surface area (Å²) in [4.78, 5) is 21.1. The maximum absolute atomic E-state index is 12.6. The number of hydrogen-bond donors (Lipinski definition) is 0. The molecule has 1 fully saturated rings. The van der Waals surface area contributed by atoms with E-state index in [0.717, 1.165) is 24.5 Å². The molecule has 156 valence electrons. The number of nitrogens with zero attached hydrogens (tertiary/aromatic N) is 4. The number of anilines is 1. The lowest BCUT2D eigenvalue weighted by Crippen LogP contribution is -2.48. The molecule has 0 aliphatic carbocycles. The normalized spacial score (nSPS) is 14.1. The topological polar surface area (TPSA) is 71.7 Å². The van der Waals surface area contributed by atoms with E-state index in [9.17, 15) is 4.79 Å². The third-order valence-corrected chi connectivity index (χ3v) is 5.52. The number of amides is 1. The van der Waals surface area contributed by atoms with Crippen LogP contribution in [0.5, 0.6) is 5.75 Å². The fourth-order valence-corrected chi connectivity index (χ4v) is 3.79. The number of ether oxygens (including phenoxy) is 1. The van der Waals surface area contributed by atoms with Gasteiger partial charge in [0.05, 0.1) is 17.8 Å². The van der Waals surface area contributed by atoms with Crippen LogP contribution in [0.1, 0.15) is 12.3 Å². The average Bonchev–Trinajstić information content (AvgIpc) is 3.26. The molecule has 1 amide bonds. The van der Waals surface area contributed by atoms with Crippen molar-refractivity contribution in [2.45, 2.75) is 12.8 Å². The third-order valence-electron chi connectivity index (χ3n) is 5.19. The number of aromatic nitrogens is 2. The Labute approximate surface area is 180 Å². The zero-order valence-corrected chi connectivity index (χ0v) is 17.5. The number of para-hydroxylation sites is 2. The first-order chi connectivity index (χ1) is 14.7. The first-order valence-electron chi connectivity index (χ1n) is 9.89. The number of rotatable bonds is 6. The van der Waals surface area contributed by atoms with Crippen LogP contribution in [0, 0.1) is 0 Å². The predicted molar refractivity (Wildman–Crippen MR) is 115 cm³/mol. The third kappa shape index (κ3) is 4.41. The molecule has 4 rings (SSSR count). The van der Waals surface area contributed by atoms with Gasteiger partial charge in [0.15, 0.2) is 0 Å². The molecule has 1 aliphatic rings. The second kappa shape index (κ2) is 9.17. The summed E-state index contributed by atoms with van der Waals surface area (Å²) in [6, 6.07) is 15.3. The van der Waals surface area contributed by atoms with E-state index in [0.29, 0.717) is 48.2 Å². The van der Waals surface area contributed by atoms with Crippen molar-refractivity contribution in [3.63, 3.8) is 0 Å². The highest BCUT2D eigenvalue weighted by molar-refractivity contribution is 6.33. The van der Waals surface area contributed by atoms with Gasteiger partial charge in [-0.3, -0.25) is 4.79 Å². The summed E-state index contributed by atoms with van der Waals surface area (Å²) in [5.74, 6) is 1.81. The van der Waals surface area contributed by atoms with Crippen molar-refractivity contribution in [1.82, 2.24) is 15.0 Å². The maximum Gasteiger partial charge on any atom is 0.227 e. The standard InChI is InChI=1S/C22H23ClN4O3/c1-29-19-9-5-4-8-18(19)26-12-14-27(15-13-26)21(28)11-10-20-24-22(25-30-20)16-6-2-3-7-17(16)23/h2-9H,10-15H2,1H3. The predicted octanol–water partition coefficient (Wildman–Crippen LogP) is 3.68.